The maximum Gasteiger partial charge on any atom is 0.522 e. The van der Waals surface area contributed by atoms with Crippen LogP contribution >= 0.6 is 0 Å². The third-order valence-corrected chi connectivity index (χ3v) is 2.73. The summed E-state index contributed by atoms with van der Waals surface area (Å²) in [5.74, 6) is 0.0201. The van der Waals surface area contributed by atoms with E-state index in [2.05, 4.69) is 4.74 Å². The molecule has 1 aliphatic heterocycles. The summed E-state index contributed by atoms with van der Waals surface area (Å²) in [7, 11) is 0. The number of carbonyl (C=O) groups excluding carboxylic acids is 1. The standard InChI is InChI=1S/C10H16F3NO2/c1-8(15)9-4-2-3-5-14(9)6-7-16-10(11,12)13/h9H,2-7H2,1H3. The molecule has 0 N–H and O–H groups in total. The molecular weight excluding hydrogens is 223 g/mol. The van der Waals surface area contributed by atoms with Gasteiger partial charge in [-0.15, -0.1) is 13.2 Å². The summed E-state index contributed by atoms with van der Waals surface area (Å²) in [5.41, 5.74) is 0. The molecule has 3 nitrogen and oxygen atoms in total. The lowest BCUT2D eigenvalue weighted by Crippen LogP contribution is -2.45. The van der Waals surface area contributed by atoms with Gasteiger partial charge in [-0.1, -0.05) is 6.42 Å². The van der Waals surface area contributed by atoms with Crippen LogP contribution in [-0.4, -0.2) is 42.8 Å². The highest BCUT2D eigenvalue weighted by Gasteiger charge is 2.30. The highest BCUT2D eigenvalue weighted by Crippen LogP contribution is 2.19. The number of alkyl halides is 3. The number of hydrogen-bond donors (Lipinski definition) is 0. The second-order valence-corrected chi connectivity index (χ2v) is 3.95. The lowest BCUT2D eigenvalue weighted by atomic mass is 9.99. The Balaban J connectivity index is 2.36. The van der Waals surface area contributed by atoms with E-state index in [1.54, 1.807) is 4.90 Å². The highest BCUT2D eigenvalue weighted by molar-refractivity contribution is 5.81. The van der Waals surface area contributed by atoms with Crippen LogP contribution < -0.4 is 0 Å². The van der Waals surface area contributed by atoms with E-state index in [-0.39, 0.29) is 18.4 Å². The Kier molecular flexibility index (Phi) is 4.73. The number of ketones is 1. The molecule has 1 aliphatic rings. The molecule has 0 aliphatic carbocycles. The van der Waals surface area contributed by atoms with Crippen LogP contribution in [0.4, 0.5) is 13.2 Å². The van der Waals surface area contributed by atoms with Crippen molar-refractivity contribution in [1.29, 1.82) is 0 Å². The first-order chi connectivity index (χ1) is 7.40. The van der Waals surface area contributed by atoms with Gasteiger partial charge in [0.25, 0.3) is 0 Å². The van der Waals surface area contributed by atoms with Gasteiger partial charge in [-0.05, 0) is 26.3 Å². The second-order valence-electron chi connectivity index (χ2n) is 3.95. The maximum absolute atomic E-state index is 11.8. The summed E-state index contributed by atoms with van der Waals surface area (Å²) in [6, 6.07) is -0.231. The van der Waals surface area contributed by atoms with Crippen LogP contribution in [0.3, 0.4) is 0 Å². The van der Waals surface area contributed by atoms with E-state index in [4.69, 9.17) is 0 Å². The van der Waals surface area contributed by atoms with Gasteiger partial charge in [0.05, 0.1) is 12.6 Å². The zero-order valence-electron chi connectivity index (χ0n) is 9.22. The first kappa shape index (κ1) is 13.4. The molecule has 0 aromatic carbocycles. The van der Waals surface area contributed by atoms with E-state index in [1.165, 1.54) is 6.92 Å². The summed E-state index contributed by atoms with van der Waals surface area (Å²) in [5, 5.41) is 0. The predicted octanol–water partition coefficient (Wildman–Crippen LogP) is 1.97. The van der Waals surface area contributed by atoms with Crippen LogP contribution in [0.2, 0.25) is 0 Å². The van der Waals surface area contributed by atoms with Gasteiger partial charge in [-0.2, -0.15) is 0 Å². The maximum atomic E-state index is 11.8. The number of nitrogens with zero attached hydrogens (tertiary/aromatic N) is 1. The summed E-state index contributed by atoms with van der Waals surface area (Å²) in [6.07, 6.45) is -1.96. The van der Waals surface area contributed by atoms with Crippen molar-refractivity contribution in [2.24, 2.45) is 0 Å². The second kappa shape index (κ2) is 5.63. The van der Waals surface area contributed by atoms with Crippen molar-refractivity contribution in [1.82, 2.24) is 4.90 Å². The van der Waals surface area contributed by atoms with Crippen LogP contribution in [0.5, 0.6) is 0 Å². The Hall–Kier alpha value is -0.620. The Labute approximate surface area is 92.5 Å². The largest absolute Gasteiger partial charge is 0.522 e. The summed E-state index contributed by atoms with van der Waals surface area (Å²) in [4.78, 5) is 13.0. The zero-order valence-corrected chi connectivity index (χ0v) is 9.22. The molecule has 0 aromatic heterocycles. The average molecular weight is 239 g/mol. The molecule has 1 heterocycles. The topological polar surface area (TPSA) is 29.5 Å². The van der Waals surface area contributed by atoms with Crippen molar-refractivity contribution in [3.63, 3.8) is 0 Å². The van der Waals surface area contributed by atoms with Crippen molar-refractivity contribution in [2.45, 2.75) is 38.6 Å². The SMILES string of the molecule is CC(=O)C1CCCCN1CCOC(F)(F)F. The molecule has 1 fully saturated rings. The molecule has 16 heavy (non-hydrogen) atoms. The quantitative estimate of drug-likeness (QED) is 0.751. The molecule has 94 valence electrons. The number of Topliss-reactive ketones (excluding diaryl/α,β-unsaturated/α-hetero) is 1. The van der Waals surface area contributed by atoms with Crippen LogP contribution in [0.25, 0.3) is 0 Å². The third kappa shape index (κ3) is 4.49. The number of ether oxygens (including phenoxy) is 1. The molecule has 1 saturated heterocycles. The van der Waals surface area contributed by atoms with Gasteiger partial charge in [0.15, 0.2) is 0 Å². The molecule has 0 amide bonds. The van der Waals surface area contributed by atoms with Crippen LogP contribution in [0.1, 0.15) is 26.2 Å². The van der Waals surface area contributed by atoms with E-state index < -0.39 is 13.0 Å². The van der Waals surface area contributed by atoms with E-state index in [0.29, 0.717) is 6.54 Å². The summed E-state index contributed by atoms with van der Waals surface area (Å²) in [6.45, 7) is 1.90. The van der Waals surface area contributed by atoms with E-state index in [9.17, 15) is 18.0 Å². The molecule has 1 rings (SSSR count). The van der Waals surface area contributed by atoms with Gasteiger partial charge < -0.3 is 0 Å². The molecule has 0 aromatic rings. The number of likely N-dealkylation sites (tertiary alicyclic amines) is 1. The number of halogens is 3. The van der Waals surface area contributed by atoms with Crippen LogP contribution in [-0.2, 0) is 9.53 Å². The number of carbonyl (C=O) groups is 1. The van der Waals surface area contributed by atoms with E-state index in [0.717, 1.165) is 19.3 Å². The Bertz CT molecular complexity index is 243. The van der Waals surface area contributed by atoms with Crippen molar-refractivity contribution >= 4 is 5.78 Å². The normalized spacial score (nSPS) is 23.4. The van der Waals surface area contributed by atoms with Gasteiger partial charge in [0.2, 0.25) is 0 Å². The molecule has 0 saturated carbocycles. The minimum absolute atomic E-state index is 0.0201. The predicted molar refractivity (Wildman–Crippen MR) is 51.9 cm³/mol. The lowest BCUT2D eigenvalue weighted by molar-refractivity contribution is -0.325. The minimum Gasteiger partial charge on any atom is -0.298 e. The Morgan fingerprint density at radius 3 is 2.69 bits per heavy atom. The molecule has 6 heteroatoms. The fraction of sp³-hybridized carbons (Fsp3) is 0.900. The fourth-order valence-corrected chi connectivity index (χ4v) is 2.00. The Morgan fingerprint density at radius 2 is 2.12 bits per heavy atom. The zero-order chi connectivity index (χ0) is 12.2. The third-order valence-electron chi connectivity index (χ3n) is 2.73. The number of hydrogen-bond acceptors (Lipinski definition) is 3. The summed E-state index contributed by atoms with van der Waals surface area (Å²) >= 11 is 0. The van der Waals surface area contributed by atoms with Crippen molar-refractivity contribution < 1.29 is 22.7 Å². The average Bonchev–Trinajstić information content (AvgIpc) is 2.16. The molecule has 0 radical (unpaired) electrons. The molecule has 1 atom stereocenters. The lowest BCUT2D eigenvalue weighted by Gasteiger charge is -2.33. The molecular formula is C10H16F3NO2. The molecule has 1 unspecified atom stereocenters. The smallest absolute Gasteiger partial charge is 0.298 e. The van der Waals surface area contributed by atoms with Gasteiger partial charge in [-0.25, -0.2) is 0 Å². The molecule has 0 bridgehead atoms. The van der Waals surface area contributed by atoms with Gasteiger partial charge in [0.1, 0.15) is 5.78 Å². The van der Waals surface area contributed by atoms with Gasteiger partial charge in [-0.3, -0.25) is 14.4 Å². The van der Waals surface area contributed by atoms with E-state index >= 15 is 0 Å². The highest BCUT2D eigenvalue weighted by atomic mass is 19.4. The first-order valence-electron chi connectivity index (χ1n) is 5.35. The van der Waals surface area contributed by atoms with Crippen molar-refractivity contribution in [2.75, 3.05) is 19.7 Å². The van der Waals surface area contributed by atoms with Crippen molar-refractivity contribution in [3.8, 4) is 0 Å². The molecule has 0 spiro atoms. The first-order valence-corrected chi connectivity index (χ1v) is 5.35. The van der Waals surface area contributed by atoms with Crippen molar-refractivity contribution in [3.05, 3.63) is 0 Å². The van der Waals surface area contributed by atoms with Crippen LogP contribution in [0, 0.1) is 0 Å². The number of rotatable bonds is 4. The van der Waals surface area contributed by atoms with Crippen LogP contribution in [0.15, 0.2) is 0 Å². The van der Waals surface area contributed by atoms with Gasteiger partial charge >= 0.3 is 6.36 Å². The van der Waals surface area contributed by atoms with E-state index in [1.807, 2.05) is 0 Å². The Morgan fingerprint density at radius 1 is 1.44 bits per heavy atom. The fourth-order valence-electron chi connectivity index (χ4n) is 2.00. The number of piperidine rings is 1. The summed E-state index contributed by atoms with van der Waals surface area (Å²) < 4.78 is 39.0. The minimum atomic E-state index is -4.58. The van der Waals surface area contributed by atoms with Gasteiger partial charge in [0, 0.05) is 6.54 Å². The monoisotopic (exact) mass is 239 g/mol.